The second-order valence-electron chi connectivity index (χ2n) is 7.20. The quantitative estimate of drug-likeness (QED) is 0.557. The van der Waals surface area contributed by atoms with Crippen molar-refractivity contribution >= 4 is 27.6 Å². The van der Waals surface area contributed by atoms with Crippen molar-refractivity contribution in [1.82, 2.24) is 15.5 Å². The standard InChI is InChI=1S/C16H30N4O2S2/c1-17-15(19-14-4-11-24(21,22)12-14)18-13-16(5-2-3-6-16)20-7-9-23-10-8-20/h14H,2-13H2,1H3,(H2,17,18,19). The number of nitrogens with one attached hydrogen (secondary N) is 2. The molecular weight excluding hydrogens is 344 g/mol. The summed E-state index contributed by atoms with van der Waals surface area (Å²) in [4.78, 5) is 6.99. The minimum Gasteiger partial charge on any atom is -0.355 e. The Kier molecular flexibility index (Phi) is 5.98. The van der Waals surface area contributed by atoms with Gasteiger partial charge in [-0.1, -0.05) is 12.8 Å². The van der Waals surface area contributed by atoms with Gasteiger partial charge in [0.1, 0.15) is 0 Å². The zero-order chi connectivity index (χ0) is 17.0. The number of hydrogen-bond donors (Lipinski definition) is 2. The summed E-state index contributed by atoms with van der Waals surface area (Å²) in [5.74, 6) is 3.72. The summed E-state index contributed by atoms with van der Waals surface area (Å²) in [6, 6.07) is -0.00730. The normalized spacial score (nSPS) is 30.4. The highest BCUT2D eigenvalue weighted by molar-refractivity contribution is 7.99. The monoisotopic (exact) mass is 374 g/mol. The maximum absolute atomic E-state index is 11.6. The molecule has 0 aromatic rings. The Labute approximate surface area is 150 Å². The summed E-state index contributed by atoms with van der Waals surface area (Å²) in [5, 5.41) is 6.80. The second kappa shape index (κ2) is 7.83. The smallest absolute Gasteiger partial charge is 0.191 e. The Hall–Kier alpha value is -0.470. The summed E-state index contributed by atoms with van der Waals surface area (Å²) < 4.78 is 23.3. The van der Waals surface area contributed by atoms with Gasteiger partial charge in [-0.05, 0) is 19.3 Å². The molecule has 1 saturated carbocycles. The molecule has 1 unspecified atom stereocenters. The van der Waals surface area contributed by atoms with E-state index < -0.39 is 9.84 Å². The van der Waals surface area contributed by atoms with Crippen LogP contribution in [0.1, 0.15) is 32.1 Å². The lowest BCUT2D eigenvalue weighted by Crippen LogP contribution is -2.58. The van der Waals surface area contributed by atoms with Crippen LogP contribution in [0.4, 0.5) is 0 Å². The summed E-state index contributed by atoms with van der Waals surface area (Å²) in [6.07, 6.45) is 5.78. The molecule has 2 saturated heterocycles. The van der Waals surface area contributed by atoms with Crippen molar-refractivity contribution in [2.75, 3.05) is 49.7 Å². The van der Waals surface area contributed by atoms with Gasteiger partial charge < -0.3 is 10.6 Å². The number of rotatable bonds is 4. The zero-order valence-electron chi connectivity index (χ0n) is 14.6. The molecule has 3 rings (SSSR count). The third-order valence-corrected chi connectivity index (χ3v) is 8.31. The summed E-state index contributed by atoms with van der Waals surface area (Å²) in [6.45, 7) is 3.26. The number of sulfone groups is 1. The van der Waals surface area contributed by atoms with Crippen LogP contribution >= 0.6 is 11.8 Å². The fraction of sp³-hybridized carbons (Fsp3) is 0.938. The predicted molar refractivity (Wildman–Crippen MR) is 102 cm³/mol. The first-order valence-electron chi connectivity index (χ1n) is 9.03. The van der Waals surface area contributed by atoms with Gasteiger partial charge in [0.05, 0.1) is 11.5 Å². The number of thioether (sulfide) groups is 1. The predicted octanol–water partition coefficient (Wildman–Crippen LogP) is 0.700. The van der Waals surface area contributed by atoms with Crippen LogP contribution in [-0.2, 0) is 9.84 Å². The van der Waals surface area contributed by atoms with Crippen LogP contribution in [0.5, 0.6) is 0 Å². The van der Waals surface area contributed by atoms with E-state index in [4.69, 9.17) is 0 Å². The third-order valence-electron chi connectivity index (χ3n) is 5.60. The molecule has 0 aromatic carbocycles. The minimum absolute atomic E-state index is 0.00730. The molecule has 6 nitrogen and oxygen atoms in total. The van der Waals surface area contributed by atoms with E-state index in [1.165, 1.54) is 50.3 Å². The number of nitrogens with zero attached hydrogens (tertiary/aromatic N) is 2. The van der Waals surface area contributed by atoms with Crippen molar-refractivity contribution in [3.8, 4) is 0 Å². The fourth-order valence-corrected chi connectivity index (χ4v) is 6.80. The molecule has 1 aliphatic carbocycles. The van der Waals surface area contributed by atoms with Gasteiger partial charge in [0.25, 0.3) is 0 Å². The first kappa shape index (κ1) is 18.3. The van der Waals surface area contributed by atoms with Gasteiger partial charge >= 0.3 is 0 Å². The van der Waals surface area contributed by atoms with E-state index in [2.05, 4.69) is 32.3 Å². The molecule has 0 aromatic heterocycles. The molecule has 2 heterocycles. The summed E-state index contributed by atoms with van der Waals surface area (Å²) >= 11 is 2.05. The Morgan fingerprint density at radius 2 is 2.00 bits per heavy atom. The maximum Gasteiger partial charge on any atom is 0.191 e. The lowest BCUT2D eigenvalue weighted by atomic mass is 9.94. The maximum atomic E-state index is 11.6. The number of hydrogen-bond acceptors (Lipinski definition) is 5. The summed E-state index contributed by atoms with van der Waals surface area (Å²) in [5.41, 5.74) is 0.250. The van der Waals surface area contributed by atoms with E-state index in [1.807, 2.05) is 0 Å². The first-order valence-corrected chi connectivity index (χ1v) is 12.0. The fourth-order valence-electron chi connectivity index (χ4n) is 4.22. The molecule has 0 bridgehead atoms. The molecule has 0 radical (unpaired) electrons. The van der Waals surface area contributed by atoms with Crippen LogP contribution in [0.15, 0.2) is 4.99 Å². The number of guanidine groups is 1. The van der Waals surface area contributed by atoms with Crippen LogP contribution in [-0.4, -0.2) is 80.6 Å². The Balaban J connectivity index is 1.57. The lowest BCUT2D eigenvalue weighted by Gasteiger charge is -2.43. The molecule has 8 heteroatoms. The highest BCUT2D eigenvalue weighted by atomic mass is 32.2. The van der Waals surface area contributed by atoms with Gasteiger partial charge in [-0.2, -0.15) is 11.8 Å². The molecule has 3 aliphatic rings. The van der Waals surface area contributed by atoms with Crippen molar-refractivity contribution < 1.29 is 8.42 Å². The van der Waals surface area contributed by atoms with Gasteiger partial charge in [-0.15, -0.1) is 0 Å². The molecule has 2 aliphatic heterocycles. The molecular formula is C16H30N4O2S2. The van der Waals surface area contributed by atoms with Gasteiger partial charge in [-0.3, -0.25) is 9.89 Å². The van der Waals surface area contributed by atoms with E-state index >= 15 is 0 Å². The number of aliphatic imine (C=N–C) groups is 1. The largest absolute Gasteiger partial charge is 0.355 e. The lowest BCUT2D eigenvalue weighted by molar-refractivity contribution is 0.107. The van der Waals surface area contributed by atoms with Crippen molar-refractivity contribution in [1.29, 1.82) is 0 Å². The second-order valence-corrected chi connectivity index (χ2v) is 10.7. The molecule has 3 fully saturated rings. The molecule has 138 valence electrons. The minimum atomic E-state index is -2.86. The third kappa shape index (κ3) is 4.38. The zero-order valence-corrected chi connectivity index (χ0v) is 16.2. The highest BCUT2D eigenvalue weighted by Crippen LogP contribution is 2.36. The Morgan fingerprint density at radius 3 is 2.58 bits per heavy atom. The van der Waals surface area contributed by atoms with Gasteiger partial charge in [-0.25, -0.2) is 8.42 Å². The van der Waals surface area contributed by atoms with E-state index in [0.29, 0.717) is 6.42 Å². The van der Waals surface area contributed by atoms with E-state index in [1.54, 1.807) is 7.05 Å². The van der Waals surface area contributed by atoms with E-state index in [-0.39, 0.29) is 23.1 Å². The Bertz CT molecular complexity index is 552. The van der Waals surface area contributed by atoms with Crippen LogP contribution in [0, 0.1) is 0 Å². The highest BCUT2D eigenvalue weighted by Gasteiger charge is 2.40. The van der Waals surface area contributed by atoms with Crippen molar-refractivity contribution in [2.24, 2.45) is 4.99 Å². The molecule has 0 spiro atoms. The van der Waals surface area contributed by atoms with Crippen LogP contribution in [0.2, 0.25) is 0 Å². The molecule has 2 N–H and O–H groups in total. The summed E-state index contributed by atoms with van der Waals surface area (Å²) in [7, 11) is -1.10. The van der Waals surface area contributed by atoms with Gasteiger partial charge in [0, 0.05) is 49.8 Å². The van der Waals surface area contributed by atoms with Crippen molar-refractivity contribution in [3.05, 3.63) is 0 Å². The van der Waals surface area contributed by atoms with Crippen molar-refractivity contribution in [3.63, 3.8) is 0 Å². The average molecular weight is 375 g/mol. The first-order chi connectivity index (χ1) is 11.5. The topological polar surface area (TPSA) is 73.8 Å². The molecule has 24 heavy (non-hydrogen) atoms. The molecule has 0 amide bonds. The van der Waals surface area contributed by atoms with E-state index in [0.717, 1.165) is 12.5 Å². The van der Waals surface area contributed by atoms with Crippen LogP contribution in [0.3, 0.4) is 0 Å². The molecule has 1 atom stereocenters. The van der Waals surface area contributed by atoms with E-state index in [9.17, 15) is 8.42 Å². The average Bonchev–Trinajstić information content (AvgIpc) is 3.19. The Morgan fingerprint density at radius 1 is 1.29 bits per heavy atom. The van der Waals surface area contributed by atoms with Gasteiger partial charge in [0.2, 0.25) is 0 Å². The van der Waals surface area contributed by atoms with Gasteiger partial charge in [0.15, 0.2) is 15.8 Å². The SMILES string of the molecule is CN=C(NCC1(N2CCSCC2)CCCC1)NC1CCS(=O)(=O)C1. The van der Waals surface area contributed by atoms with Crippen LogP contribution < -0.4 is 10.6 Å². The van der Waals surface area contributed by atoms with Crippen molar-refractivity contribution in [2.45, 2.75) is 43.7 Å². The van der Waals surface area contributed by atoms with Crippen LogP contribution in [0.25, 0.3) is 0 Å².